The first kappa shape index (κ1) is 14.0. The quantitative estimate of drug-likeness (QED) is 0.394. The Labute approximate surface area is 136 Å². The average Bonchev–Trinajstić information content (AvgIpc) is 2.54. The van der Waals surface area contributed by atoms with Crippen molar-refractivity contribution in [3.8, 4) is 11.1 Å². The lowest BCUT2D eigenvalue weighted by Gasteiger charge is -2.11. The van der Waals surface area contributed by atoms with Gasteiger partial charge in [-0.25, -0.2) is 0 Å². The van der Waals surface area contributed by atoms with E-state index < -0.39 is 0 Å². The second-order valence-electron chi connectivity index (χ2n) is 6.42. The van der Waals surface area contributed by atoms with Crippen molar-refractivity contribution in [2.75, 3.05) is 0 Å². The van der Waals surface area contributed by atoms with Crippen molar-refractivity contribution in [2.45, 2.75) is 20.8 Å². The van der Waals surface area contributed by atoms with Crippen LogP contribution in [0.25, 0.3) is 32.8 Å². The highest BCUT2D eigenvalue weighted by atomic mass is 14.7. The molecule has 1 heterocycles. The highest BCUT2D eigenvalue weighted by Gasteiger charge is 2.09. The zero-order chi connectivity index (χ0) is 16.0. The molecule has 23 heavy (non-hydrogen) atoms. The van der Waals surface area contributed by atoms with Crippen molar-refractivity contribution in [3.05, 3.63) is 77.5 Å². The molecule has 0 saturated heterocycles. The first-order chi connectivity index (χ1) is 11.1. The van der Waals surface area contributed by atoms with Crippen LogP contribution in [0.4, 0.5) is 0 Å². The fourth-order valence-corrected chi connectivity index (χ4v) is 3.24. The minimum absolute atomic E-state index is 1.08. The second-order valence-corrected chi connectivity index (χ2v) is 6.42. The van der Waals surface area contributed by atoms with Crippen LogP contribution in [0, 0.1) is 20.8 Å². The first-order valence-corrected chi connectivity index (χ1v) is 7.98. The van der Waals surface area contributed by atoms with E-state index in [1.807, 2.05) is 6.20 Å². The van der Waals surface area contributed by atoms with Crippen molar-refractivity contribution >= 4 is 21.7 Å². The van der Waals surface area contributed by atoms with Gasteiger partial charge in [0.2, 0.25) is 0 Å². The number of hydrogen-bond donors (Lipinski definition) is 0. The second kappa shape index (κ2) is 5.20. The third-order valence-corrected chi connectivity index (χ3v) is 4.45. The summed E-state index contributed by atoms with van der Waals surface area (Å²) in [5, 5.41) is 3.72. The summed E-state index contributed by atoms with van der Waals surface area (Å²) in [5.74, 6) is 0. The summed E-state index contributed by atoms with van der Waals surface area (Å²) in [4.78, 5) is 4.79. The smallest absolute Gasteiger partial charge is 0.0786 e. The molecule has 0 atom stereocenters. The molecular weight excluding hydrogens is 278 g/mol. The van der Waals surface area contributed by atoms with Crippen LogP contribution in [0.15, 0.2) is 60.8 Å². The Balaban J connectivity index is 2.09. The molecule has 0 unspecified atom stereocenters. The van der Waals surface area contributed by atoms with Crippen LogP contribution in [0.2, 0.25) is 0 Å². The number of rotatable bonds is 1. The van der Waals surface area contributed by atoms with Gasteiger partial charge in [0.25, 0.3) is 0 Å². The minimum Gasteiger partial charge on any atom is -0.255 e. The predicted molar refractivity (Wildman–Crippen MR) is 98.9 cm³/mol. The molecule has 112 valence electrons. The zero-order valence-electron chi connectivity index (χ0n) is 13.7. The number of aryl methyl sites for hydroxylation is 3. The number of fused-ring (bicyclic) bond motifs is 3. The molecule has 0 N–H and O–H groups in total. The van der Waals surface area contributed by atoms with Gasteiger partial charge in [0.1, 0.15) is 0 Å². The molecule has 1 aromatic heterocycles. The number of benzene rings is 3. The molecule has 4 aromatic rings. The summed E-state index contributed by atoms with van der Waals surface area (Å²) in [6.07, 6.45) is 2.00. The Bertz CT molecular complexity index is 1030. The van der Waals surface area contributed by atoms with Crippen LogP contribution in [-0.4, -0.2) is 4.98 Å². The molecule has 0 radical (unpaired) electrons. The Morgan fingerprint density at radius 3 is 2.17 bits per heavy atom. The van der Waals surface area contributed by atoms with Crippen LogP contribution in [-0.2, 0) is 0 Å². The lowest BCUT2D eigenvalue weighted by Crippen LogP contribution is -1.89. The summed E-state index contributed by atoms with van der Waals surface area (Å²) in [6, 6.07) is 19.8. The molecule has 0 aliphatic rings. The van der Waals surface area contributed by atoms with Crippen LogP contribution in [0.1, 0.15) is 16.7 Å². The van der Waals surface area contributed by atoms with Gasteiger partial charge in [-0.2, -0.15) is 0 Å². The Morgan fingerprint density at radius 1 is 0.652 bits per heavy atom. The average molecular weight is 297 g/mol. The predicted octanol–water partition coefficient (Wildman–Crippen LogP) is 5.98. The van der Waals surface area contributed by atoms with Crippen LogP contribution in [0.5, 0.6) is 0 Å². The maximum atomic E-state index is 4.79. The fraction of sp³-hybridized carbons (Fsp3) is 0.136. The third-order valence-electron chi connectivity index (χ3n) is 4.45. The zero-order valence-corrected chi connectivity index (χ0v) is 13.7. The largest absolute Gasteiger partial charge is 0.255 e. The van der Waals surface area contributed by atoms with Gasteiger partial charge in [0.15, 0.2) is 0 Å². The molecule has 1 nitrogen and oxygen atoms in total. The minimum atomic E-state index is 1.08. The van der Waals surface area contributed by atoms with Gasteiger partial charge in [-0.15, -0.1) is 0 Å². The van der Waals surface area contributed by atoms with E-state index in [9.17, 15) is 0 Å². The van der Waals surface area contributed by atoms with Gasteiger partial charge >= 0.3 is 0 Å². The Kier molecular flexibility index (Phi) is 3.16. The van der Waals surface area contributed by atoms with E-state index in [-0.39, 0.29) is 0 Å². The fourth-order valence-electron chi connectivity index (χ4n) is 3.24. The van der Waals surface area contributed by atoms with E-state index in [1.54, 1.807) is 0 Å². The summed E-state index contributed by atoms with van der Waals surface area (Å²) in [5.41, 5.74) is 7.33. The molecular formula is C22H19N. The third kappa shape index (κ3) is 2.39. The van der Waals surface area contributed by atoms with Gasteiger partial charge in [-0.3, -0.25) is 4.98 Å². The van der Waals surface area contributed by atoms with Crippen LogP contribution < -0.4 is 0 Å². The molecule has 0 spiro atoms. The number of pyridine rings is 1. The van der Waals surface area contributed by atoms with E-state index in [0.29, 0.717) is 0 Å². The van der Waals surface area contributed by atoms with Gasteiger partial charge in [0, 0.05) is 22.5 Å². The number of aromatic nitrogens is 1. The molecule has 1 heteroatoms. The molecule has 0 amide bonds. The van der Waals surface area contributed by atoms with Crippen molar-refractivity contribution in [3.63, 3.8) is 0 Å². The molecule has 0 bridgehead atoms. The molecule has 0 aliphatic heterocycles. The summed E-state index contributed by atoms with van der Waals surface area (Å²) in [6.45, 7) is 6.40. The maximum Gasteiger partial charge on any atom is 0.0786 e. The van der Waals surface area contributed by atoms with E-state index in [4.69, 9.17) is 4.98 Å². The van der Waals surface area contributed by atoms with Crippen molar-refractivity contribution in [1.29, 1.82) is 0 Å². The maximum absolute atomic E-state index is 4.79. The Hall–Kier alpha value is -2.67. The summed E-state index contributed by atoms with van der Waals surface area (Å²) in [7, 11) is 0. The lowest BCUT2D eigenvalue weighted by atomic mass is 9.96. The molecule has 0 fully saturated rings. The van der Waals surface area contributed by atoms with E-state index in [1.165, 1.54) is 44.0 Å². The van der Waals surface area contributed by atoms with Gasteiger partial charge in [0.05, 0.1) is 5.52 Å². The topological polar surface area (TPSA) is 12.9 Å². The van der Waals surface area contributed by atoms with Crippen molar-refractivity contribution in [2.24, 2.45) is 0 Å². The first-order valence-electron chi connectivity index (χ1n) is 7.98. The molecule has 3 aromatic carbocycles. The number of hydrogen-bond acceptors (Lipinski definition) is 1. The summed E-state index contributed by atoms with van der Waals surface area (Å²) < 4.78 is 0. The van der Waals surface area contributed by atoms with E-state index >= 15 is 0 Å². The lowest BCUT2D eigenvalue weighted by molar-refractivity contribution is 1.40. The standard InChI is InChI=1S/C22H19N/c1-14-4-7-17(8-5-14)20-11-16(3)12-21-19-9-6-15(2)10-18(19)13-23-22(20)21/h4-13H,1-3H3. The highest BCUT2D eigenvalue weighted by Crippen LogP contribution is 2.33. The monoisotopic (exact) mass is 297 g/mol. The highest BCUT2D eigenvalue weighted by molar-refractivity contribution is 6.10. The normalized spacial score (nSPS) is 11.3. The van der Waals surface area contributed by atoms with E-state index in [2.05, 4.69) is 75.4 Å². The van der Waals surface area contributed by atoms with E-state index in [0.717, 1.165) is 5.52 Å². The van der Waals surface area contributed by atoms with Crippen molar-refractivity contribution in [1.82, 2.24) is 4.98 Å². The number of nitrogens with zero attached hydrogens (tertiary/aromatic N) is 1. The van der Waals surface area contributed by atoms with Gasteiger partial charge in [-0.05, 0) is 55.5 Å². The van der Waals surface area contributed by atoms with Crippen LogP contribution in [0.3, 0.4) is 0 Å². The molecule has 0 aliphatic carbocycles. The van der Waals surface area contributed by atoms with Gasteiger partial charge in [-0.1, -0.05) is 47.5 Å². The van der Waals surface area contributed by atoms with Crippen LogP contribution >= 0.6 is 0 Å². The molecule has 0 saturated carbocycles. The van der Waals surface area contributed by atoms with Gasteiger partial charge < -0.3 is 0 Å². The Morgan fingerprint density at radius 2 is 1.39 bits per heavy atom. The SMILES string of the molecule is Cc1ccc(-c2cc(C)cc3c2ncc2cc(C)ccc23)cc1. The van der Waals surface area contributed by atoms with Crippen molar-refractivity contribution < 1.29 is 0 Å². The summed E-state index contributed by atoms with van der Waals surface area (Å²) >= 11 is 0. The molecule has 4 rings (SSSR count).